The van der Waals surface area contributed by atoms with Gasteiger partial charge in [-0.25, -0.2) is 9.97 Å². The first kappa shape index (κ1) is 18.1. The van der Waals surface area contributed by atoms with E-state index in [4.69, 9.17) is 14.2 Å². The van der Waals surface area contributed by atoms with Crippen molar-refractivity contribution in [3.8, 4) is 17.2 Å². The molecule has 1 heterocycles. The molecule has 2 aromatic carbocycles. The number of nitrogens with one attached hydrogen (secondary N) is 1. The molecule has 0 aliphatic heterocycles. The van der Waals surface area contributed by atoms with Crippen molar-refractivity contribution in [3.63, 3.8) is 0 Å². The van der Waals surface area contributed by atoms with Crippen LogP contribution < -0.4 is 19.5 Å². The van der Waals surface area contributed by atoms with Crippen molar-refractivity contribution in [3.05, 3.63) is 42.4 Å². The lowest BCUT2D eigenvalue weighted by molar-refractivity contribution is -0.104. The van der Waals surface area contributed by atoms with Gasteiger partial charge in [-0.3, -0.25) is 9.59 Å². The van der Waals surface area contributed by atoms with E-state index in [1.807, 2.05) is 0 Å². The predicted molar refractivity (Wildman–Crippen MR) is 99.3 cm³/mol. The number of anilines is 2. The topological polar surface area (TPSA) is 99.6 Å². The molecule has 8 nitrogen and oxygen atoms in total. The lowest BCUT2D eigenvalue weighted by Gasteiger charge is -2.15. The van der Waals surface area contributed by atoms with Crippen molar-refractivity contribution in [1.29, 1.82) is 0 Å². The molecule has 0 atom stereocenters. The summed E-state index contributed by atoms with van der Waals surface area (Å²) >= 11 is 0. The number of Topliss-reactive ketones (excluding diaryl/α,β-unsaturated/α-hetero) is 1. The number of aldehydes is 1. The third-order valence-electron chi connectivity index (χ3n) is 3.93. The molecule has 0 spiro atoms. The minimum atomic E-state index is -0.660. The van der Waals surface area contributed by atoms with Crippen molar-refractivity contribution < 1.29 is 23.8 Å². The van der Waals surface area contributed by atoms with Gasteiger partial charge in [-0.15, -0.1) is 0 Å². The van der Waals surface area contributed by atoms with Gasteiger partial charge in [0.05, 0.1) is 32.4 Å². The smallest absolute Gasteiger partial charge is 0.227 e. The van der Waals surface area contributed by atoms with Crippen LogP contribution in [0.4, 0.5) is 11.4 Å². The van der Waals surface area contributed by atoms with E-state index in [1.54, 1.807) is 30.5 Å². The average molecular weight is 367 g/mol. The predicted octanol–water partition coefficient (Wildman–Crippen LogP) is 2.78. The van der Waals surface area contributed by atoms with Crippen molar-refractivity contribution in [2.45, 2.75) is 0 Å². The Morgan fingerprint density at radius 1 is 1.00 bits per heavy atom. The number of hydrogen-bond acceptors (Lipinski definition) is 8. The molecule has 27 heavy (non-hydrogen) atoms. The molecular formula is C19H17N3O5. The Morgan fingerprint density at radius 3 is 2.26 bits per heavy atom. The molecule has 3 aromatic rings. The third-order valence-corrected chi connectivity index (χ3v) is 3.93. The highest BCUT2D eigenvalue weighted by Gasteiger charge is 2.15. The van der Waals surface area contributed by atoms with E-state index < -0.39 is 5.78 Å². The van der Waals surface area contributed by atoms with Gasteiger partial charge < -0.3 is 19.5 Å². The van der Waals surface area contributed by atoms with Crippen molar-refractivity contribution in [1.82, 2.24) is 9.97 Å². The molecule has 0 saturated carbocycles. The van der Waals surface area contributed by atoms with Gasteiger partial charge in [0, 0.05) is 35.1 Å². The zero-order chi connectivity index (χ0) is 19.4. The summed E-state index contributed by atoms with van der Waals surface area (Å²) < 4.78 is 16.0. The van der Waals surface area contributed by atoms with E-state index in [2.05, 4.69) is 15.3 Å². The lowest BCUT2D eigenvalue weighted by Crippen LogP contribution is -2.04. The first-order valence-electron chi connectivity index (χ1n) is 7.91. The molecule has 0 amide bonds. The summed E-state index contributed by atoms with van der Waals surface area (Å²) in [7, 11) is 4.57. The molecule has 8 heteroatoms. The lowest BCUT2D eigenvalue weighted by atomic mass is 10.1. The molecule has 1 aromatic heterocycles. The monoisotopic (exact) mass is 367 g/mol. The van der Waals surface area contributed by atoms with Gasteiger partial charge in [-0.1, -0.05) is 0 Å². The number of nitrogens with zero attached hydrogens (tertiary/aromatic N) is 2. The molecular weight excluding hydrogens is 350 g/mol. The largest absolute Gasteiger partial charge is 0.493 e. The highest BCUT2D eigenvalue weighted by atomic mass is 16.5. The summed E-state index contributed by atoms with van der Waals surface area (Å²) in [6.45, 7) is 0. The Kier molecular flexibility index (Phi) is 5.16. The van der Waals surface area contributed by atoms with Crippen LogP contribution >= 0.6 is 0 Å². The molecule has 0 aliphatic rings. The summed E-state index contributed by atoms with van der Waals surface area (Å²) in [4.78, 5) is 31.1. The van der Waals surface area contributed by atoms with Gasteiger partial charge in [0.15, 0.2) is 17.8 Å². The van der Waals surface area contributed by atoms with Gasteiger partial charge in [-0.05, 0) is 12.1 Å². The van der Waals surface area contributed by atoms with Crippen LogP contribution in [0, 0.1) is 0 Å². The zero-order valence-corrected chi connectivity index (χ0v) is 15.0. The molecule has 138 valence electrons. The van der Waals surface area contributed by atoms with E-state index >= 15 is 0 Å². The van der Waals surface area contributed by atoms with Crippen molar-refractivity contribution in [2.24, 2.45) is 0 Å². The molecule has 0 radical (unpaired) electrons. The number of aromatic nitrogens is 2. The molecule has 3 rings (SSSR count). The summed E-state index contributed by atoms with van der Waals surface area (Å²) in [5.74, 6) is 0.766. The van der Waals surface area contributed by atoms with Crippen LogP contribution in [0.1, 0.15) is 10.4 Å². The second-order valence-electron chi connectivity index (χ2n) is 5.51. The maximum absolute atomic E-state index is 12.0. The van der Waals surface area contributed by atoms with Crippen LogP contribution in [-0.4, -0.2) is 43.4 Å². The number of ether oxygens (including phenoxy) is 3. The van der Waals surface area contributed by atoms with Gasteiger partial charge >= 0.3 is 0 Å². The number of benzene rings is 2. The van der Waals surface area contributed by atoms with E-state index in [1.165, 1.54) is 27.7 Å². The van der Waals surface area contributed by atoms with Crippen LogP contribution in [0.5, 0.6) is 17.2 Å². The van der Waals surface area contributed by atoms with Crippen LogP contribution in [0.15, 0.2) is 36.8 Å². The van der Waals surface area contributed by atoms with Crippen LogP contribution in [-0.2, 0) is 4.79 Å². The highest BCUT2D eigenvalue weighted by molar-refractivity contribution is 6.36. The molecule has 0 bridgehead atoms. The Morgan fingerprint density at radius 2 is 1.67 bits per heavy atom. The summed E-state index contributed by atoms with van der Waals surface area (Å²) in [6.07, 6.45) is 3.17. The Balaban J connectivity index is 2.09. The van der Waals surface area contributed by atoms with E-state index in [0.717, 1.165) is 0 Å². The number of carbonyl (C=O) groups is 2. The Hall–Kier alpha value is -3.68. The number of fused-ring (bicyclic) bond motifs is 1. The highest BCUT2D eigenvalue weighted by Crippen LogP contribution is 2.40. The number of ketones is 1. The number of hydrogen-bond donors (Lipinski definition) is 1. The van der Waals surface area contributed by atoms with E-state index in [9.17, 15) is 9.59 Å². The standard InChI is InChI=1S/C19H17N3O5/c1-25-16-6-13(7-17(26-2)19(16)27-3)22-12-4-11-8-20-10-21-18(11)14(5-12)15(24)9-23/h4-10,22H,1-3H3. The maximum atomic E-state index is 12.0. The van der Waals surface area contributed by atoms with Crippen LogP contribution in [0.25, 0.3) is 10.9 Å². The Labute approximate surface area is 155 Å². The van der Waals surface area contributed by atoms with Crippen LogP contribution in [0.2, 0.25) is 0 Å². The molecule has 1 N–H and O–H groups in total. The first-order valence-corrected chi connectivity index (χ1v) is 7.91. The third kappa shape index (κ3) is 3.50. The fourth-order valence-corrected chi connectivity index (χ4v) is 2.75. The van der Waals surface area contributed by atoms with Gasteiger partial charge in [0.1, 0.15) is 6.33 Å². The van der Waals surface area contributed by atoms with E-state index in [0.29, 0.717) is 39.5 Å². The second-order valence-corrected chi connectivity index (χ2v) is 5.51. The number of methoxy groups -OCH3 is 3. The van der Waals surface area contributed by atoms with Crippen molar-refractivity contribution in [2.75, 3.05) is 26.6 Å². The minimum absolute atomic E-state index is 0.194. The SMILES string of the molecule is COc1cc(Nc2cc(C(=O)C=O)c3ncncc3c2)cc(OC)c1OC. The molecule has 0 aliphatic carbocycles. The normalized spacial score (nSPS) is 10.3. The Bertz CT molecular complexity index is 994. The first-order chi connectivity index (χ1) is 13.1. The summed E-state index contributed by atoms with van der Waals surface area (Å²) in [5, 5.41) is 3.80. The van der Waals surface area contributed by atoms with Gasteiger partial charge in [0.25, 0.3) is 0 Å². The summed E-state index contributed by atoms with van der Waals surface area (Å²) in [6, 6.07) is 6.80. The molecule has 0 unspecified atom stereocenters. The van der Waals surface area contributed by atoms with Crippen LogP contribution in [0.3, 0.4) is 0 Å². The number of rotatable bonds is 7. The second kappa shape index (κ2) is 7.69. The molecule has 0 saturated heterocycles. The van der Waals surface area contributed by atoms with Gasteiger partial charge in [0.2, 0.25) is 11.5 Å². The fraction of sp³-hybridized carbons (Fsp3) is 0.158. The molecule has 0 fully saturated rings. The van der Waals surface area contributed by atoms with E-state index in [-0.39, 0.29) is 11.8 Å². The zero-order valence-electron chi connectivity index (χ0n) is 15.0. The summed E-state index contributed by atoms with van der Waals surface area (Å²) in [5.41, 5.74) is 1.83. The average Bonchev–Trinajstić information content (AvgIpc) is 2.71. The maximum Gasteiger partial charge on any atom is 0.227 e. The fourth-order valence-electron chi connectivity index (χ4n) is 2.75. The quantitative estimate of drug-likeness (QED) is 0.387. The van der Waals surface area contributed by atoms with Gasteiger partial charge in [-0.2, -0.15) is 0 Å². The van der Waals surface area contributed by atoms with Crippen molar-refractivity contribution >= 4 is 34.3 Å². The minimum Gasteiger partial charge on any atom is -0.493 e. The number of carbonyl (C=O) groups excluding carboxylic acids is 2.